The first-order valence-electron chi connectivity index (χ1n) is 11.4. The third-order valence-electron chi connectivity index (χ3n) is 6.54. The van der Waals surface area contributed by atoms with E-state index in [0.717, 1.165) is 25.2 Å². The summed E-state index contributed by atoms with van der Waals surface area (Å²) in [4.78, 5) is 16.9. The van der Waals surface area contributed by atoms with Gasteiger partial charge in [-0.1, -0.05) is 11.6 Å². The number of carbonyl (C=O) groups excluding carboxylic acids is 1. The number of rotatable bonds is 6. The van der Waals surface area contributed by atoms with E-state index < -0.39 is 0 Å². The van der Waals surface area contributed by atoms with Gasteiger partial charge in [-0.25, -0.2) is 0 Å². The molecular formula is C24H35N3O2. The zero-order chi connectivity index (χ0) is 19.9. The maximum absolute atomic E-state index is 12.6. The van der Waals surface area contributed by atoms with Crippen LogP contribution in [-0.2, 0) is 4.74 Å². The zero-order valence-corrected chi connectivity index (χ0v) is 17.6. The van der Waals surface area contributed by atoms with Gasteiger partial charge in [-0.2, -0.15) is 0 Å². The van der Waals surface area contributed by atoms with Crippen molar-refractivity contribution in [1.29, 1.82) is 0 Å². The standard InChI is InChI=1S/C24H35N3O2/c28-24(27-16-18-29-19-17-27)21-6-8-23(9-7-21)26-14-11-22(12-15-26)25-13-10-20-4-2-1-3-5-20/h4,6-9,22,25H,1-3,5,10-19H2. The van der Waals surface area contributed by atoms with Crippen LogP contribution < -0.4 is 10.2 Å². The van der Waals surface area contributed by atoms with Crippen molar-refractivity contribution in [2.45, 2.75) is 51.0 Å². The Labute approximate surface area is 175 Å². The molecule has 0 aromatic heterocycles. The Hall–Kier alpha value is -1.85. The highest BCUT2D eigenvalue weighted by molar-refractivity contribution is 5.94. The Morgan fingerprint density at radius 2 is 1.79 bits per heavy atom. The molecule has 0 unspecified atom stereocenters. The summed E-state index contributed by atoms with van der Waals surface area (Å²) in [5.74, 6) is 0.121. The second-order valence-corrected chi connectivity index (χ2v) is 8.53. The van der Waals surface area contributed by atoms with Gasteiger partial charge in [-0.3, -0.25) is 4.79 Å². The minimum Gasteiger partial charge on any atom is -0.378 e. The molecule has 3 aliphatic rings. The molecular weight excluding hydrogens is 362 g/mol. The fourth-order valence-electron chi connectivity index (χ4n) is 4.67. The van der Waals surface area contributed by atoms with Crippen LogP contribution in [0, 0.1) is 0 Å². The fraction of sp³-hybridized carbons (Fsp3) is 0.625. The summed E-state index contributed by atoms with van der Waals surface area (Å²) < 4.78 is 5.34. The molecule has 5 nitrogen and oxygen atoms in total. The summed E-state index contributed by atoms with van der Waals surface area (Å²) in [5, 5.41) is 3.77. The predicted molar refractivity (Wildman–Crippen MR) is 118 cm³/mol. The molecule has 4 rings (SSSR count). The van der Waals surface area contributed by atoms with Gasteiger partial charge in [-0.05, 0) is 75.8 Å². The first-order chi connectivity index (χ1) is 14.3. The average Bonchev–Trinajstić information content (AvgIpc) is 2.80. The van der Waals surface area contributed by atoms with E-state index in [4.69, 9.17) is 4.74 Å². The summed E-state index contributed by atoms with van der Waals surface area (Å²) in [6.07, 6.45) is 11.4. The molecule has 0 bridgehead atoms. The van der Waals surface area contributed by atoms with Gasteiger partial charge >= 0.3 is 0 Å². The van der Waals surface area contributed by atoms with E-state index in [0.29, 0.717) is 32.3 Å². The molecule has 1 amide bonds. The van der Waals surface area contributed by atoms with Crippen molar-refractivity contribution < 1.29 is 9.53 Å². The van der Waals surface area contributed by atoms with Crippen LogP contribution >= 0.6 is 0 Å². The molecule has 0 saturated carbocycles. The maximum Gasteiger partial charge on any atom is 0.254 e. The molecule has 1 aliphatic carbocycles. The number of nitrogens with zero attached hydrogens (tertiary/aromatic N) is 2. The molecule has 29 heavy (non-hydrogen) atoms. The summed E-state index contributed by atoms with van der Waals surface area (Å²) in [5.41, 5.74) is 3.67. The topological polar surface area (TPSA) is 44.8 Å². The van der Waals surface area contributed by atoms with Gasteiger partial charge in [0.2, 0.25) is 0 Å². The van der Waals surface area contributed by atoms with Crippen LogP contribution in [-0.4, -0.2) is 62.8 Å². The number of amides is 1. The Bertz CT molecular complexity index is 687. The van der Waals surface area contributed by atoms with E-state index in [1.54, 1.807) is 5.57 Å². The number of morpholine rings is 1. The summed E-state index contributed by atoms with van der Waals surface area (Å²) in [6, 6.07) is 8.82. The number of allylic oxidation sites excluding steroid dienone is 1. The second kappa shape index (κ2) is 10.3. The van der Waals surface area contributed by atoms with Gasteiger partial charge < -0.3 is 19.9 Å². The van der Waals surface area contributed by atoms with E-state index in [9.17, 15) is 4.79 Å². The third-order valence-corrected chi connectivity index (χ3v) is 6.54. The molecule has 2 fully saturated rings. The first kappa shape index (κ1) is 20.4. The van der Waals surface area contributed by atoms with Crippen LogP contribution in [0.2, 0.25) is 0 Å². The number of anilines is 1. The van der Waals surface area contributed by atoms with E-state index >= 15 is 0 Å². The SMILES string of the molecule is O=C(c1ccc(N2CCC(NCCC3=CCCCC3)CC2)cc1)N1CCOCC1. The summed E-state index contributed by atoms with van der Waals surface area (Å²) >= 11 is 0. The highest BCUT2D eigenvalue weighted by Crippen LogP contribution is 2.22. The Kier molecular flexibility index (Phi) is 7.23. The van der Waals surface area contributed by atoms with Gasteiger partial charge in [0, 0.05) is 43.5 Å². The van der Waals surface area contributed by atoms with Crippen molar-refractivity contribution in [3.63, 3.8) is 0 Å². The van der Waals surface area contributed by atoms with E-state index in [1.807, 2.05) is 17.0 Å². The Balaban J connectivity index is 1.21. The molecule has 0 spiro atoms. The van der Waals surface area contributed by atoms with Gasteiger partial charge in [0.05, 0.1) is 13.2 Å². The molecule has 1 N–H and O–H groups in total. The molecule has 1 aromatic rings. The molecule has 2 aliphatic heterocycles. The third kappa shape index (κ3) is 5.61. The summed E-state index contributed by atoms with van der Waals surface area (Å²) in [7, 11) is 0. The molecule has 2 heterocycles. The van der Waals surface area contributed by atoms with Crippen LogP contribution in [0.3, 0.4) is 0 Å². The average molecular weight is 398 g/mol. The molecule has 5 heteroatoms. The van der Waals surface area contributed by atoms with E-state index in [-0.39, 0.29) is 5.91 Å². The smallest absolute Gasteiger partial charge is 0.254 e. The molecule has 0 radical (unpaired) electrons. The lowest BCUT2D eigenvalue weighted by atomic mass is 9.97. The first-order valence-corrected chi connectivity index (χ1v) is 11.4. The lowest BCUT2D eigenvalue weighted by Gasteiger charge is -2.34. The van der Waals surface area contributed by atoms with Gasteiger partial charge in [0.15, 0.2) is 0 Å². The van der Waals surface area contributed by atoms with E-state index in [1.165, 1.54) is 50.6 Å². The number of ether oxygens (including phenoxy) is 1. The van der Waals surface area contributed by atoms with Crippen molar-refractivity contribution >= 4 is 11.6 Å². The van der Waals surface area contributed by atoms with Crippen molar-refractivity contribution in [3.8, 4) is 0 Å². The fourth-order valence-corrected chi connectivity index (χ4v) is 4.67. The number of piperidine rings is 1. The van der Waals surface area contributed by atoms with Crippen molar-refractivity contribution in [1.82, 2.24) is 10.2 Å². The van der Waals surface area contributed by atoms with Crippen LogP contribution in [0.1, 0.15) is 55.3 Å². The number of hydrogen-bond donors (Lipinski definition) is 1. The molecule has 0 atom stereocenters. The Morgan fingerprint density at radius 3 is 2.48 bits per heavy atom. The highest BCUT2D eigenvalue weighted by atomic mass is 16.5. The summed E-state index contributed by atoms with van der Waals surface area (Å²) in [6.45, 7) is 5.95. The van der Waals surface area contributed by atoms with Crippen molar-refractivity contribution in [2.75, 3.05) is 50.8 Å². The van der Waals surface area contributed by atoms with Gasteiger partial charge in [-0.15, -0.1) is 0 Å². The predicted octanol–water partition coefficient (Wildman–Crippen LogP) is 3.61. The van der Waals surface area contributed by atoms with Crippen molar-refractivity contribution in [3.05, 3.63) is 41.5 Å². The van der Waals surface area contributed by atoms with Crippen LogP contribution in [0.25, 0.3) is 0 Å². The molecule has 158 valence electrons. The van der Waals surface area contributed by atoms with Crippen LogP contribution in [0.5, 0.6) is 0 Å². The van der Waals surface area contributed by atoms with Crippen LogP contribution in [0.4, 0.5) is 5.69 Å². The van der Waals surface area contributed by atoms with Crippen molar-refractivity contribution in [2.24, 2.45) is 0 Å². The molecule has 1 aromatic carbocycles. The number of carbonyl (C=O) groups is 1. The maximum atomic E-state index is 12.6. The second-order valence-electron chi connectivity index (χ2n) is 8.53. The minimum absolute atomic E-state index is 0.121. The number of nitrogens with one attached hydrogen (secondary N) is 1. The molecule has 2 saturated heterocycles. The van der Waals surface area contributed by atoms with Crippen LogP contribution in [0.15, 0.2) is 35.9 Å². The highest BCUT2D eigenvalue weighted by Gasteiger charge is 2.21. The van der Waals surface area contributed by atoms with Gasteiger partial charge in [0.25, 0.3) is 5.91 Å². The number of hydrogen-bond acceptors (Lipinski definition) is 4. The lowest BCUT2D eigenvalue weighted by Crippen LogP contribution is -2.43. The minimum atomic E-state index is 0.121. The normalized spacial score (nSPS) is 21.2. The quantitative estimate of drug-likeness (QED) is 0.745. The van der Waals surface area contributed by atoms with Gasteiger partial charge in [0.1, 0.15) is 0 Å². The monoisotopic (exact) mass is 397 g/mol. The van der Waals surface area contributed by atoms with E-state index in [2.05, 4.69) is 28.4 Å². The largest absolute Gasteiger partial charge is 0.378 e. The zero-order valence-electron chi connectivity index (χ0n) is 17.6. The Morgan fingerprint density at radius 1 is 1.03 bits per heavy atom. The lowest BCUT2D eigenvalue weighted by molar-refractivity contribution is 0.0303. The number of benzene rings is 1.